The standard InChI is InChI=1S/C14H17NO6.C10H14O4/c1-19-10-8-9-20-11(10)4-2-3-5-14(18)21-15-12(16)6-7-13(15)17;1-13-8-6-7-14-9(8)4-2-3-5-10(11)12/h8-9H,2-7H2,1H3;6-7H,2-5H2,1H3,(H,11,12). The van der Waals surface area contributed by atoms with Crippen LogP contribution in [0.2, 0.25) is 0 Å². The number of ether oxygens (including phenoxy) is 2. The molecule has 192 valence electrons. The van der Waals surface area contributed by atoms with Crippen molar-refractivity contribution in [2.45, 2.75) is 64.2 Å². The van der Waals surface area contributed by atoms with Crippen LogP contribution in [0, 0.1) is 0 Å². The summed E-state index contributed by atoms with van der Waals surface area (Å²) >= 11 is 0. The van der Waals surface area contributed by atoms with E-state index >= 15 is 0 Å². The van der Waals surface area contributed by atoms with Crippen molar-refractivity contribution in [3.05, 3.63) is 36.2 Å². The summed E-state index contributed by atoms with van der Waals surface area (Å²) in [5.74, 6) is 0.684. The van der Waals surface area contributed by atoms with E-state index in [1.807, 2.05) is 0 Å². The largest absolute Gasteiger partial charge is 0.493 e. The van der Waals surface area contributed by atoms with E-state index in [1.165, 1.54) is 0 Å². The molecular weight excluding hydrogens is 462 g/mol. The van der Waals surface area contributed by atoms with Gasteiger partial charge in [-0.05, 0) is 25.7 Å². The first-order valence-corrected chi connectivity index (χ1v) is 11.3. The van der Waals surface area contributed by atoms with Gasteiger partial charge in [-0.25, -0.2) is 4.79 Å². The van der Waals surface area contributed by atoms with E-state index in [-0.39, 0.29) is 25.7 Å². The minimum Gasteiger partial charge on any atom is -0.493 e. The van der Waals surface area contributed by atoms with Gasteiger partial charge in [0.05, 0.1) is 26.7 Å². The second-order valence-corrected chi connectivity index (χ2v) is 7.68. The van der Waals surface area contributed by atoms with Crippen LogP contribution in [0.1, 0.15) is 62.9 Å². The van der Waals surface area contributed by atoms with E-state index in [4.69, 9.17) is 28.3 Å². The molecule has 1 aliphatic heterocycles. The molecule has 3 rings (SSSR count). The van der Waals surface area contributed by atoms with Crippen LogP contribution >= 0.6 is 0 Å². The van der Waals surface area contributed by atoms with Crippen LogP contribution in [0.25, 0.3) is 0 Å². The van der Waals surface area contributed by atoms with E-state index in [0.717, 1.165) is 30.1 Å². The maximum atomic E-state index is 11.6. The van der Waals surface area contributed by atoms with Crippen molar-refractivity contribution in [3.8, 4) is 11.5 Å². The molecule has 2 amide bonds. The van der Waals surface area contributed by atoms with E-state index in [2.05, 4.69) is 0 Å². The Bertz CT molecular complexity index is 961. The number of aliphatic carboxylic acids is 1. The second kappa shape index (κ2) is 14.5. The third-order valence-corrected chi connectivity index (χ3v) is 5.13. The van der Waals surface area contributed by atoms with Crippen molar-refractivity contribution in [3.63, 3.8) is 0 Å². The van der Waals surface area contributed by atoms with Gasteiger partial charge < -0.3 is 28.3 Å². The zero-order valence-corrected chi connectivity index (χ0v) is 19.9. The highest BCUT2D eigenvalue weighted by Gasteiger charge is 2.32. The summed E-state index contributed by atoms with van der Waals surface area (Å²) in [4.78, 5) is 49.1. The average molecular weight is 494 g/mol. The Labute approximate surface area is 202 Å². The fourth-order valence-corrected chi connectivity index (χ4v) is 3.31. The van der Waals surface area contributed by atoms with Gasteiger partial charge in [0, 0.05) is 50.7 Å². The lowest BCUT2D eigenvalue weighted by atomic mass is 10.1. The fourth-order valence-electron chi connectivity index (χ4n) is 3.31. The maximum absolute atomic E-state index is 11.6. The first kappa shape index (κ1) is 27.5. The molecule has 11 nitrogen and oxygen atoms in total. The fraction of sp³-hybridized carbons (Fsp3) is 0.500. The molecule has 0 spiro atoms. The van der Waals surface area contributed by atoms with Gasteiger partial charge in [0.15, 0.2) is 11.5 Å². The monoisotopic (exact) mass is 493 g/mol. The smallest absolute Gasteiger partial charge is 0.333 e. The zero-order valence-electron chi connectivity index (χ0n) is 19.9. The quantitative estimate of drug-likeness (QED) is 0.324. The number of carbonyl (C=O) groups is 4. The number of aryl methyl sites for hydroxylation is 2. The van der Waals surface area contributed by atoms with E-state index < -0.39 is 23.8 Å². The molecule has 0 unspecified atom stereocenters. The summed E-state index contributed by atoms with van der Waals surface area (Å²) in [6.07, 6.45) is 7.79. The van der Waals surface area contributed by atoms with Crippen LogP contribution < -0.4 is 9.47 Å². The number of methoxy groups -OCH3 is 2. The third-order valence-electron chi connectivity index (χ3n) is 5.13. The number of imide groups is 1. The molecule has 1 N–H and O–H groups in total. The normalized spacial score (nSPS) is 12.8. The Hall–Kier alpha value is -3.76. The first-order chi connectivity index (χ1) is 16.8. The highest BCUT2D eigenvalue weighted by molar-refractivity contribution is 6.01. The molecule has 3 heterocycles. The van der Waals surface area contributed by atoms with E-state index in [9.17, 15) is 19.2 Å². The Morgan fingerprint density at radius 2 is 1.34 bits per heavy atom. The van der Waals surface area contributed by atoms with Crippen molar-refractivity contribution < 1.29 is 47.4 Å². The second-order valence-electron chi connectivity index (χ2n) is 7.68. The van der Waals surface area contributed by atoms with Crippen LogP contribution in [-0.2, 0) is 36.9 Å². The van der Waals surface area contributed by atoms with Gasteiger partial charge in [-0.3, -0.25) is 14.4 Å². The van der Waals surface area contributed by atoms with Gasteiger partial charge in [-0.2, -0.15) is 0 Å². The van der Waals surface area contributed by atoms with Crippen molar-refractivity contribution >= 4 is 23.8 Å². The molecule has 2 aromatic rings. The lowest BCUT2D eigenvalue weighted by molar-refractivity contribution is -0.197. The van der Waals surface area contributed by atoms with E-state index in [0.29, 0.717) is 36.5 Å². The lowest BCUT2D eigenvalue weighted by Crippen LogP contribution is -2.31. The van der Waals surface area contributed by atoms with Crippen molar-refractivity contribution in [1.82, 2.24) is 5.06 Å². The van der Waals surface area contributed by atoms with Crippen molar-refractivity contribution in [1.29, 1.82) is 0 Å². The van der Waals surface area contributed by atoms with Gasteiger partial charge in [-0.1, -0.05) is 0 Å². The van der Waals surface area contributed by atoms with Crippen LogP contribution in [0.5, 0.6) is 11.5 Å². The number of carboxylic acids is 1. The molecule has 0 bridgehead atoms. The van der Waals surface area contributed by atoms with Crippen LogP contribution in [0.4, 0.5) is 0 Å². The topological polar surface area (TPSA) is 146 Å². The van der Waals surface area contributed by atoms with Gasteiger partial charge in [0.1, 0.15) is 11.5 Å². The molecule has 0 aromatic carbocycles. The summed E-state index contributed by atoms with van der Waals surface area (Å²) in [5.41, 5.74) is 0. The number of hydroxylamine groups is 2. The van der Waals surface area contributed by atoms with Crippen molar-refractivity contribution in [2.75, 3.05) is 14.2 Å². The summed E-state index contributed by atoms with van der Waals surface area (Å²) in [7, 11) is 3.15. The molecule has 11 heteroatoms. The Morgan fingerprint density at radius 3 is 1.80 bits per heavy atom. The predicted molar refractivity (Wildman–Crippen MR) is 120 cm³/mol. The first-order valence-electron chi connectivity index (χ1n) is 11.3. The Kier molecular flexibility index (Phi) is 11.4. The maximum Gasteiger partial charge on any atom is 0.333 e. The summed E-state index contributed by atoms with van der Waals surface area (Å²) in [5, 5.41) is 8.99. The minimum atomic E-state index is -0.753. The highest BCUT2D eigenvalue weighted by Crippen LogP contribution is 2.22. The Morgan fingerprint density at radius 1 is 0.857 bits per heavy atom. The van der Waals surface area contributed by atoms with Crippen molar-refractivity contribution in [2.24, 2.45) is 0 Å². The average Bonchev–Trinajstić information content (AvgIpc) is 3.56. The number of furan rings is 2. The molecule has 35 heavy (non-hydrogen) atoms. The highest BCUT2D eigenvalue weighted by atomic mass is 16.7. The molecule has 0 radical (unpaired) electrons. The van der Waals surface area contributed by atoms with Crippen LogP contribution in [-0.4, -0.2) is 48.1 Å². The van der Waals surface area contributed by atoms with Gasteiger partial charge in [0.2, 0.25) is 0 Å². The number of carbonyl (C=O) groups excluding carboxylic acids is 3. The van der Waals surface area contributed by atoms with Gasteiger partial charge >= 0.3 is 11.9 Å². The van der Waals surface area contributed by atoms with E-state index in [1.54, 1.807) is 38.9 Å². The van der Waals surface area contributed by atoms with Crippen LogP contribution in [0.3, 0.4) is 0 Å². The number of hydrogen-bond acceptors (Lipinski definition) is 9. The summed E-state index contributed by atoms with van der Waals surface area (Å²) < 4.78 is 20.6. The summed E-state index contributed by atoms with van der Waals surface area (Å²) in [6, 6.07) is 3.49. The molecule has 1 saturated heterocycles. The molecule has 0 atom stereocenters. The number of amides is 2. The minimum absolute atomic E-state index is 0.102. The molecule has 2 aromatic heterocycles. The number of hydrogen-bond donors (Lipinski definition) is 1. The molecule has 0 aliphatic carbocycles. The molecular formula is C24H31NO10. The number of nitrogens with zero attached hydrogens (tertiary/aromatic N) is 1. The number of rotatable bonds is 13. The van der Waals surface area contributed by atoms with Gasteiger partial charge in [-0.15, -0.1) is 5.06 Å². The molecule has 1 fully saturated rings. The molecule has 1 aliphatic rings. The third kappa shape index (κ3) is 9.19. The zero-order chi connectivity index (χ0) is 25.6. The van der Waals surface area contributed by atoms with Crippen LogP contribution in [0.15, 0.2) is 33.5 Å². The summed E-state index contributed by atoms with van der Waals surface area (Å²) in [6.45, 7) is 0. The number of carboxylic acid groups (broad SMARTS) is 1. The van der Waals surface area contributed by atoms with Gasteiger partial charge in [0.25, 0.3) is 11.8 Å². The molecule has 0 saturated carbocycles. The SMILES string of the molecule is COc1ccoc1CCCCC(=O)O.COc1ccoc1CCCCC(=O)ON1C(=O)CCC1=O. The predicted octanol–water partition coefficient (Wildman–Crippen LogP) is 3.69. The Balaban J connectivity index is 0.000000269. The lowest BCUT2D eigenvalue weighted by Gasteiger charge is -2.12. The number of unbranched alkanes of at least 4 members (excludes halogenated alkanes) is 2.